The summed E-state index contributed by atoms with van der Waals surface area (Å²) in [7, 11) is 0. The Morgan fingerprint density at radius 1 is 1.11 bits per heavy atom. The number of allylic oxidation sites excluding steroid dienone is 1. The van der Waals surface area contributed by atoms with Crippen LogP contribution in [-0.2, 0) is 38.7 Å². The molecule has 0 radical (unpaired) electrons. The Morgan fingerprint density at radius 2 is 1.89 bits per heavy atom. The molecule has 1 aromatic carbocycles. The molecule has 2 aliphatic rings. The Hall–Kier alpha value is -0.170. The second-order valence-electron chi connectivity index (χ2n) is 5.56. The quantitative estimate of drug-likeness (QED) is 0.496. The zero-order chi connectivity index (χ0) is 11.7. The maximum atomic E-state index is 2.51. The summed E-state index contributed by atoms with van der Waals surface area (Å²) in [6.45, 7) is 2.28. The van der Waals surface area contributed by atoms with Crippen LogP contribution < -0.4 is 0 Å². The summed E-state index contributed by atoms with van der Waals surface area (Å²) in [5.41, 5.74) is 6.37. The van der Waals surface area contributed by atoms with Gasteiger partial charge in [0.15, 0.2) is 0 Å². The minimum atomic E-state index is 0. The van der Waals surface area contributed by atoms with Gasteiger partial charge in [0.25, 0.3) is 0 Å². The maximum Gasteiger partial charge on any atom is 0.00273 e. The van der Waals surface area contributed by atoms with Crippen LogP contribution in [0.2, 0.25) is 0 Å². The maximum absolute atomic E-state index is 2.51. The van der Waals surface area contributed by atoms with Crippen LogP contribution in [0.3, 0.4) is 0 Å². The van der Waals surface area contributed by atoms with E-state index in [0.717, 1.165) is 0 Å². The van der Waals surface area contributed by atoms with Gasteiger partial charge in [-0.05, 0) is 47.9 Å². The van der Waals surface area contributed by atoms with Crippen molar-refractivity contribution in [2.75, 3.05) is 0 Å². The average molecular weight is 405 g/mol. The predicted octanol–water partition coefficient (Wildman–Crippen LogP) is 4.86. The van der Waals surface area contributed by atoms with E-state index in [4.69, 9.17) is 0 Å². The topological polar surface area (TPSA) is 0 Å². The Morgan fingerprint density at radius 3 is 2.67 bits per heavy atom. The largest absolute Gasteiger partial charge is 0.0764 e. The van der Waals surface area contributed by atoms with Gasteiger partial charge in [0, 0.05) is 31.8 Å². The fraction of sp³-hybridized carbons (Fsp3) is 0.529. The molecule has 94 valence electrons. The van der Waals surface area contributed by atoms with Crippen LogP contribution >= 0.6 is 0 Å². The zero-order valence-electron chi connectivity index (χ0n) is 11.3. The number of rotatable bonds is 4. The SMILES string of the molecule is CCCCCC1C=Cc2cc3c(cc21)CCC3.[Hf]. The van der Waals surface area contributed by atoms with Crippen molar-refractivity contribution in [2.45, 2.75) is 57.8 Å². The van der Waals surface area contributed by atoms with Gasteiger partial charge in [0.05, 0.1) is 0 Å². The summed E-state index contributed by atoms with van der Waals surface area (Å²) in [4.78, 5) is 0. The fourth-order valence-electron chi connectivity index (χ4n) is 3.32. The van der Waals surface area contributed by atoms with Crippen molar-refractivity contribution in [3.05, 3.63) is 40.5 Å². The van der Waals surface area contributed by atoms with Crippen LogP contribution in [0.15, 0.2) is 18.2 Å². The predicted molar refractivity (Wildman–Crippen MR) is 74.4 cm³/mol. The molecule has 0 spiro atoms. The van der Waals surface area contributed by atoms with Crippen molar-refractivity contribution in [1.29, 1.82) is 0 Å². The van der Waals surface area contributed by atoms with Gasteiger partial charge in [-0.25, -0.2) is 0 Å². The Balaban J connectivity index is 0.00000120. The van der Waals surface area contributed by atoms with E-state index in [-0.39, 0.29) is 25.8 Å². The molecule has 0 heterocycles. The van der Waals surface area contributed by atoms with E-state index < -0.39 is 0 Å². The normalized spacial score (nSPS) is 19.5. The summed E-state index contributed by atoms with van der Waals surface area (Å²) in [5.74, 6) is 0.711. The van der Waals surface area contributed by atoms with Gasteiger partial charge in [-0.3, -0.25) is 0 Å². The molecular weight excluding hydrogens is 383 g/mol. The van der Waals surface area contributed by atoms with E-state index in [0.29, 0.717) is 5.92 Å². The van der Waals surface area contributed by atoms with Crippen LogP contribution in [0.1, 0.15) is 67.2 Å². The van der Waals surface area contributed by atoms with Crippen LogP contribution in [0, 0.1) is 0 Å². The second kappa shape index (κ2) is 6.32. The van der Waals surface area contributed by atoms with Gasteiger partial charge in [-0.2, -0.15) is 0 Å². The van der Waals surface area contributed by atoms with Gasteiger partial charge >= 0.3 is 0 Å². The van der Waals surface area contributed by atoms with E-state index in [1.54, 1.807) is 16.7 Å². The van der Waals surface area contributed by atoms with E-state index in [2.05, 4.69) is 31.2 Å². The number of aryl methyl sites for hydroxylation is 2. The first-order valence-corrected chi connectivity index (χ1v) is 7.22. The van der Waals surface area contributed by atoms with Gasteiger partial charge < -0.3 is 0 Å². The molecule has 3 rings (SSSR count). The summed E-state index contributed by atoms with van der Waals surface area (Å²) in [6.07, 6.45) is 14.2. The monoisotopic (exact) mass is 406 g/mol. The first-order valence-electron chi connectivity index (χ1n) is 7.22. The summed E-state index contributed by atoms with van der Waals surface area (Å²) >= 11 is 0. The van der Waals surface area contributed by atoms with E-state index >= 15 is 0 Å². The summed E-state index contributed by atoms with van der Waals surface area (Å²) in [6, 6.07) is 4.96. The summed E-state index contributed by atoms with van der Waals surface area (Å²) in [5, 5.41) is 0. The molecule has 0 saturated carbocycles. The molecule has 0 fully saturated rings. The Kier molecular flexibility index (Phi) is 5.00. The fourth-order valence-corrected chi connectivity index (χ4v) is 3.32. The van der Waals surface area contributed by atoms with E-state index in [1.807, 2.05) is 0 Å². The molecule has 0 N–H and O–H groups in total. The minimum Gasteiger partial charge on any atom is -0.0764 e. The third kappa shape index (κ3) is 2.71. The van der Waals surface area contributed by atoms with Crippen LogP contribution in [0.25, 0.3) is 6.08 Å². The van der Waals surface area contributed by atoms with Crippen LogP contribution in [0.4, 0.5) is 0 Å². The third-order valence-electron chi connectivity index (χ3n) is 4.32. The molecular formula is C17H22Hf. The number of unbranched alkanes of at least 4 members (excludes halogenated alkanes) is 2. The Labute approximate surface area is 130 Å². The molecule has 0 aliphatic heterocycles. The molecule has 0 nitrogen and oxygen atoms in total. The van der Waals surface area contributed by atoms with E-state index in [9.17, 15) is 0 Å². The smallest absolute Gasteiger partial charge is 0.00273 e. The van der Waals surface area contributed by atoms with Gasteiger partial charge in [-0.15, -0.1) is 0 Å². The summed E-state index contributed by atoms with van der Waals surface area (Å²) < 4.78 is 0. The molecule has 0 bridgehead atoms. The first-order chi connectivity index (χ1) is 8.38. The molecule has 1 unspecified atom stereocenters. The standard InChI is InChI=1S/C17H22.Hf/c1-2-3-4-6-13-9-10-16-11-14-7-5-8-15(14)12-17(13)16;/h9-13H,2-8H2,1H3;. The molecule has 18 heavy (non-hydrogen) atoms. The van der Waals surface area contributed by atoms with Gasteiger partial charge in [-0.1, -0.05) is 50.5 Å². The third-order valence-corrected chi connectivity index (χ3v) is 4.32. The molecule has 0 saturated heterocycles. The van der Waals surface area contributed by atoms with Crippen molar-refractivity contribution in [3.8, 4) is 0 Å². The van der Waals surface area contributed by atoms with Crippen LogP contribution in [-0.4, -0.2) is 0 Å². The van der Waals surface area contributed by atoms with Gasteiger partial charge in [0.2, 0.25) is 0 Å². The van der Waals surface area contributed by atoms with Crippen molar-refractivity contribution in [1.82, 2.24) is 0 Å². The van der Waals surface area contributed by atoms with E-state index in [1.165, 1.54) is 50.5 Å². The molecule has 0 amide bonds. The number of fused-ring (bicyclic) bond motifs is 2. The molecule has 2 aliphatic carbocycles. The van der Waals surface area contributed by atoms with Crippen molar-refractivity contribution < 1.29 is 25.8 Å². The second-order valence-corrected chi connectivity index (χ2v) is 5.56. The zero-order valence-corrected chi connectivity index (χ0v) is 14.9. The molecule has 0 aromatic heterocycles. The van der Waals surface area contributed by atoms with Crippen LogP contribution in [0.5, 0.6) is 0 Å². The number of benzene rings is 1. The molecule has 1 heteroatoms. The average Bonchev–Trinajstić information content (AvgIpc) is 2.93. The van der Waals surface area contributed by atoms with Crippen molar-refractivity contribution in [3.63, 3.8) is 0 Å². The number of hydrogen-bond acceptors (Lipinski definition) is 0. The van der Waals surface area contributed by atoms with Gasteiger partial charge in [0.1, 0.15) is 0 Å². The van der Waals surface area contributed by atoms with Crippen molar-refractivity contribution >= 4 is 6.08 Å². The molecule has 1 atom stereocenters. The number of hydrogen-bond donors (Lipinski definition) is 0. The van der Waals surface area contributed by atoms with Crippen molar-refractivity contribution in [2.24, 2.45) is 0 Å². The Bertz CT molecular complexity index is 445. The minimum absolute atomic E-state index is 0. The first kappa shape index (κ1) is 14.2. The molecule has 1 aromatic rings.